The second kappa shape index (κ2) is 11.1. The van der Waals surface area contributed by atoms with Crippen molar-refractivity contribution in [2.24, 2.45) is 0 Å². The van der Waals surface area contributed by atoms with E-state index in [0.29, 0.717) is 45.4 Å². The van der Waals surface area contributed by atoms with Gasteiger partial charge in [-0.25, -0.2) is 0 Å². The summed E-state index contributed by atoms with van der Waals surface area (Å²) in [6.07, 6.45) is 1.61. The average Bonchev–Trinajstić information content (AvgIpc) is 3.52. The van der Waals surface area contributed by atoms with Gasteiger partial charge in [0.05, 0.1) is 38.3 Å². The maximum absolute atomic E-state index is 13.0. The highest BCUT2D eigenvalue weighted by molar-refractivity contribution is 7.99. The number of halogens is 1. The van der Waals surface area contributed by atoms with Gasteiger partial charge in [-0.15, -0.1) is 10.2 Å². The molecule has 0 bridgehead atoms. The standard InChI is InChI=1S/C24H22ClN3O5S/c1-30-18-9-10-22(31-2)20(12-18)21(29)15-34-24-27-26-23(28(24)13-19-4-3-11-32-19)14-33-17-7-5-16(25)6-8-17/h3-12H,13-15H2,1-2H3. The number of thioether (sulfide) groups is 1. The van der Waals surface area contributed by atoms with E-state index < -0.39 is 0 Å². The first-order valence-electron chi connectivity index (χ1n) is 10.3. The van der Waals surface area contributed by atoms with E-state index in [0.717, 1.165) is 5.76 Å². The lowest BCUT2D eigenvalue weighted by Crippen LogP contribution is -2.10. The SMILES string of the molecule is COc1ccc(OC)c(C(=O)CSc2nnc(COc3ccc(Cl)cc3)n2Cc2ccco2)c1. The summed E-state index contributed by atoms with van der Waals surface area (Å²) in [6, 6.07) is 15.9. The third kappa shape index (κ3) is 5.73. The maximum atomic E-state index is 13.0. The van der Waals surface area contributed by atoms with Crippen LogP contribution in [-0.4, -0.2) is 40.5 Å². The lowest BCUT2D eigenvalue weighted by Gasteiger charge is -2.11. The second-order valence-corrected chi connectivity index (χ2v) is 8.46. The molecule has 8 nitrogen and oxygen atoms in total. The quantitative estimate of drug-likeness (QED) is 0.207. The molecule has 34 heavy (non-hydrogen) atoms. The van der Waals surface area contributed by atoms with E-state index in [9.17, 15) is 4.79 Å². The molecule has 2 aromatic carbocycles. The predicted octanol–water partition coefficient (Wildman–Crippen LogP) is 5.14. The minimum absolute atomic E-state index is 0.118. The van der Waals surface area contributed by atoms with Gasteiger partial charge in [-0.05, 0) is 54.6 Å². The molecule has 0 fully saturated rings. The molecule has 0 atom stereocenters. The third-order valence-corrected chi connectivity index (χ3v) is 6.13. The number of Topliss-reactive ketones (excluding diaryl/α,β-unsaturated/α-hetero) is 1. The molecule has 0 spiro atoms. The van der Waals surface area contributed by atoms with Crippen LogP contribution in [0.3, 0.4) is 0 Å². The van der Waals surface area contributed by atoms with Gasteiger partial charge in [-0.3, -0.25) is 9.36 Å². The average molecular weight is 500 g/mol. The summed E-state index contributed by atoms with van der Waals surface area (Å²) >= 11 is 7.22. The van der Waals surface area contributed by atoms with E-state index in [-0.39, 0.29) is 18.1 Å². The minimum atomic E-state index is -0.118. The summed E-state index contributed by atoms with van der Waals surface area (Å²) in [4.78, 5) is 13.0. The van der Waals surface area contributed by atoms with E-state index in [4.69, 9.17) is 30.2 Å². The molecule has 2 heterocycles. The number of furan rings is 1. The molecule has 10 heteroatoms. The summed E-state index contributed by atoms with van der Waals surface area (Å²) in [5.74, 6) is 3.07. The van der Waals surface area contributed by atoms with Crippen molar-refractivity contribution < 1.29 is 23.4 Å². The molecular formula is C24H22ClN3O5S. The van der Waals surface area contributed by atoms with Crippen molar-refractivity contribution in [3.63, 3.8) is 0 Å². The Kier molecular flexibility index (Phi) is 7.76. The van der Waals surface area contributed by atoms with Crippen LogP contribution in [0.4, 0.5) is 0 Å². The Balaban J connectivity index is 1.51. The Bertz CT molecular complexity index is 1240. The van der Waals surface area contributed by atoms with Crippen molar-refractivity contribution in [2.75, 3.05) is 20.0 Å². The van der Waals surface area contributed by atoms with Gasteiger partial charge in [0.1, 0.15) is 29.6 Å². The van der Waals surface area contributed by atoms with Crippen molar-refractivity contribution in [2.45, 2.75) is 18.3 Å². The van der Waals surface area contributed by atoms with Crippen LogP contribution in [0, 0.1) is 0 Å². The number of benzene rings is 2. The smallest absolute Gasteiger partial charge is 0.192 e. The van der Waals surface area contributed by atoms with Gasteiger partial charge in [-0.1, -0.05) is 23.4 Å². The molecule has 0 unspecified atom stereocenters. The summed E-state index contributed by atoms with van der Waals surface area (Å²) in [5.41, 5.74) is 0.442. The fourth-order valence-electron chi connectivity index (χ4n) is 3.17. The number of aromatic nitrogens is 3. The molecule has 0 aliphatic carbocycles. The van der Waals surface area contributed by atoms with Gasteiger partial charge >= 0.3 is 0 Å². The number of ketones is 1. The van der Waals surface area contributed by atoms with Crippen molar-refractivity contribution in [1.82, 2.24) is 14.8 Å². The summed E-state index contributed by atoms with van der Waals surface area (Å²) < 4.78 is 23.8. The first-order valence-corrected chi connectivity index (χ1v) is 11.6. The van der Waals surface area contributed by atoms with Gasteiger partial charge in [-0.2, -0.15) is 0 Å². The van der Waals surface area contributed by atoms with Crippen LogP contribution < -0.4 is 14.2 Å². The monoisotopic (exact) mass is 499 g/mol. The molecule has 0 aliphatic rings. The molecule has 4 rings (SSSR count). The highest BCUT2D eigenvalue weighted by Gasteiger charge is 2.19. The fraction of sp³-hybridized carbons (Fsp3) is 0.208. The van der Waals surface area contributed by atoms with E-state index in [2.05, 4.69) is 10.2 Å². The molecule has 2 aromatic heterocycles. The zero-order chi connectivity index (χ0) is 23.9. The van der Waals surface area contributed by atoms with Crippen molar-refractivity contribution in [1.29, 1.82) is 0 Å². The molecule has 4 aromatic rings. The van der Waals surface area contributed by atoms with E-state index in [1.165, 1.54) is 18.9 Å². The van der Waals surface area contributed by atoms with E-state index in [1.54, 1.807) is 55.8 Å². The van der Waals surface area contributed by atoms with Crippen LogP contribution in [0.2, 0.25) is 5.02 Å². The Morgan fingerprint density at radius 2 is 1.85 bits per heavy atom. The Hall–Kier alpha value is -3.43. The van der Waals surface area contributed by atoms with E-state index in [1.807, 2.05) is 16.7 Å². The first-order chi connectivity index (χ1) is 16.6. The van der Waals surface area contributed by atoms with Crippen LogP contribution >= 0.6 is 23.4 Å². The lowest BCUT2D eigenvalue weighted by molar-refractivity contribution is 0.101. The first kappa shape index (κ1) is 23.7. The number of carbonyl (C=O) groups is 1. The number of rotatable bonds is 11. The second-order valence-electron chi connectivity index (χ2n) is 7.08. The Morgan fingerprint density at radius 1 is 1.06 bits per heavy atom. The van der Waals surface area contributed by atoms with Crippen LogP contribution in [-0.2, 0) is 13.2 Å². The highest BCUT2D eigenvalue weighted by atomic mass is 35.5. The van der Waals surface area contributed by atoms with Crippen LogP contribution in [0.25, 0.3) is 0 Å². The normalized spacial score (nSPS) is 10.8. The number of methoxy groups -OCH3 is 2. The zero-order valence-electron chi connectivity index (χ0n) is 18.6. The predicted molar refractivity (Wildman–Crippen MR) is 128 cm³/mol. The van der Waals surface area contributed by atoms with Crippen LogP contribution in [0.1, 0.15) is 21.9 Å². The summed E-state index contributed by atoms with van der Waals surface area (Å²) in [7, 11) is 3.08. The van der Waals surface area contributed by atoms with Crippen LogP contribution in [0.15, 0.2) is 70.4 Å². The van der Waals surface area contributed by atoms with Gasteiger partial charge in [0, 0.05) is 5.02 Å². The molecule has 0 aliphatic heterocycles. The molecule has 0 saturated carbocycles. The van der Waals surface area contributed by atoms with Crippen molar-refractivity contribution in [3.05, 3.63) is 83.0 Å². The number of carbonyl (C=O) groups excluding carboxylic acids is 1. The van der Waals surface area contributed by atoms with Gasteiger partial charge in [0.15, 0.2) is 16.8 Å². The van der Waals surface area contributed by atoms with Gasteiger partial charge in [0.25, 0.3) is 0 Å². The minimum Gasteiger partial charge on any atom is -0.497 e. The number of hydrogen-bond donors (Lipinski definition) is 0. The third-order valence-electron chi connectivity index (χ3n) is 4.91. The Labute approximate surface area is 205 Å². The topological polar surface area (TPSA) is 88.6 Å². The number of nitrogens with zero attached hydrogens (tertiary/aromatic N) is 3. The Morgan fingerprint density at radius 3 is 2.56 bits per heavy atom. The van der Waals surface area contributed by atoms with Gasteiger partial charge < -0.3 is 18.6 Å². The van der Waals surface area contributed by atoms with E-state index >= 15 is 0 Å². The van der Waals surface area contributed by atoms with Crippen molar-refractivity contribution in [3.8, 4) is 17.2 Å². The van der Waals surface area contributed by atoms with Gasteiger partial charge in [0.2, 0.25) is 0 Å². The highest BCUT2D eigenvalue weighted by Crippen LogP contribution is 2.27. The summed E-state index contributed by atoms with van der Waals surface area (Å²) in [6.45, 7) is 0.589. The molecule has 0 saturated heterocycles. The number of ether oxygens (including phenoxy) is 3. The van der Waals surface area contributed by atoms with Crippen LogP contribution in [0.5, 0.6) is 17.2 Å². The molecule has 0 amide bonds. The maximum Gasteiger partial charge on any atom is 0.192 e. The zero-order valence-corrected chi connectivity index (χ0v) is 20.1. The molecule has 176 valence electrons. The number of hydrogen-bond acceptors (Lipinski definition) is 8. The molecule has 0 radical (unpaired) electrons. The lowest BCUT2D eigenvalue weighted by atomic mass is 10.1. The molecular weight excluding hydrogens is 478 g/mol. The largest absolute Gasteiger partial charge is 0.497 e. The molecule has 0 N–H and O–H groups in total. The fourth-order valence-corrected chi connectivity index (χ4v) is 4.13. The van der Waals surface area contributed by atoms with Crippen molar-refractivity contribution >= 4 is 29.1 Å². The summed E-state index contributed by atoms with van der Waals surface area (Å²) in [5, 5.41) is 9.77.